The Morgan fingerprint density at radius 2 is 2.06 bits per heavy atom. The Morgan fingerprint density at radius 1 is 1.31 bits per heavy atom. The summed E-state index contributed by atoms with van der Waals surface area (Å²) >= 11 is 0. The minimum atomic E-state index is -0.122. The van der Waals surface area contributed by atoms with Gasteiger partial charge in [0.2, 0.25) is 0 Å². The minimum absolute atomic E-state index is 0.122. The Hall–Kier alpha value is -1.28. The Balaban J connectivity index is 2.09. The molecule has 1 fully saturated rings. The second-order valence-electron chi connectivity index (χ2n) is 4.62. The predicted molar refractivity (Wildman–Crippen MR) is 63.6 cm³/mol. The number of para-hydroxylation sites is 1. The molecule has 2 nitrogen and oxygen atoms in total. The van der Waals surface area contributed by atoms with E-state index in [2.05, 4.69) is 19.1 Å². The van der Waals surface area contributed by atoms with E-state index >= 15 is 0 Å². The van der Waals surface area contributed by atoms with E-state index in [1.807, 2.05) is 12.1 Å². The van der Waals surface area contributed by atoms with Gasteiger partial charge in [-0.05, 0) is 25.3 Å². The van der Waals surface area contributed by atoms with Crippen LogP contribution in [0.5, 0.6) is 0 Å². The van der Waals surface area contributed by atoms with Crippen LogP contribution in [-0.4, -0.2) is 11.2 Å². The molecular formula is C14H16O2. The van der Waals surface area contributed by atoms with Crippen molar-refractivity contribution < 1.29 is 9.52 Å². The summed E-state index contributed by atoms with van der Waals surface area (Å²) in [5, 5.41) is 10.6. The molecule has 0 aliphatic heterocycles. The van der Waals surface area contributed by atoms with E-state index in [1.165, 1.54) is 10.9 Å². The van der Waals surface area contributed by atoms with E-state index in [0.717, 1.165) is 30.6 Å². The van der Waals surface area contributed by atoms with Gasteiger partial charge in [0, 0.05) is 16.9 Å². The van der Waals surface area contributed by atoms with E-state index in [4.69, 9.17) is 4.42 Å². The fourth-order valence-corrected chi connectivity index (χ4v) is 2.61. The smallest absolute Gasteiger partial charge is 0.134 e. The highest BCUT2D eigenvalue weighted by molar-refractivity contribution is 5.82. The summed E-state index contributed by atoms with van der Waals surface area (Å²) in [5.74, 6) is 1.53. The number of benzene rings is 1. The van der Waals surface area contributed by atoms with Gasteiger partial charge in [-0.2, -0.15) is 0 Å². The van der Waals surface area contributed by atoms with E-state index in [9.17, 15) is 5.11 Å². The first-order valence-electron chi connectivity index (χ1n) is 5.98. The molecule has 1 aromatic carbocycles. The normalized spacial score (nSPS) is 24.6. The average molecular weight is 216 g/mol. The molecule has 0 spiro atoms. The van der Waals surface area contributed by atoms with Crippen LogP contribution in [0.25, 0.3) is 11.0 Å². The summed E-state index contributed by atoms with van der Waals surface area (Å²) in [7, 11) is 0. The third kappa shape index (κ3) is 1.37. The van der Waals surface area contributed by atoms with Gasteiger partial charge in [0.05, 0.1) is 6.10 Å². The maximum Gasteiger partial charge on any atom is 0.134 e. The van der Waals surface area contributed by atoms with Gasteiger partial charge < -0.3 is 9.52 Å². The number of hydrogen-bond acceptors (Lipinski definition) is 2. The van der Waals surface area contributed by atoms with Crippen molar-refractivity contribution in [3.05, 3.63) is 35.6 Å². The van der Waals surface area contributed by atoms with Gasteiger partial charge in [-0.1, -0.05) is 25.1 Å². The Labute approximate surface area is 94.9 Å². The lowest BCUT2D eigenvalue weighted by molar-refractivity contribution is 0.0671. The highest BCUT2D eigenvalue weighted by Gasteiger charge is 2.33. The summed E-state index contributed by atoms with van der Waals surface area (Å²) < 4.78 is 5.93. The monoisotopic (exact) mass is 216 g/mol. The zero-order chi connectivity index (χ0) is 11.1. The molecule has 84 valence electrons. The van der Waals surface area contributed by atoms with Gasteiger partial charge in [0.15, 0.2) is 0 Å². The molecule has 16 heavy (non-hydrogen) atoms. The Morgan fingerprint density at radius 3 is 2.75 bits per heavy atom. The number of furan rings is 1. The summed E-state index contributed by atoms with van der Waals surface area (Å²) in [6, 6.07) is 8.20. The van der Waals surface area contributed by atoms with Gasteiger partial charge in [-0.15, -0.1) is 0 Å². The zero-order valence-corrected chi connectivity index (χ0v) is 9.44. The van der Waals surface area contributed by atoms with Crippen molar-refractivity contribution in [3.8, 4) is 0 Å². The fourth-order valence-electron chi connectivity index (χ4n) is 2.61. The van der Waals surface area contributed by atoms with Crippen LogP contribution in [0.15, 0.2) is 28.7 Å². The zero-order valence-electron chi connectivity index (χ0n) is 9.44. The summed E-state index contributed by atoms with van der Waals surface area (Å²) in [5.41, 5.74) is 2.31. The molecule has 2 heteroatoms. The number of aliphatic hydroxyl groups excluding tert-OH is 1. The van der Waals surface area contributed by atoms with Crippen LogP contribution < -0.4 is 0 Å². The summed E-state index contributed by atoms with van der Waals surface area (Å²) in [6.45, 7) is 2.16. The molecule has 0 radical (unpaired) electrons. The van der Waals surface area contributed by atoms with Crippen molar-refractivity contribution in [2.75, 3.05) is 0 Å². The molecule has 0 saturated heterocycles. The fraction of sp³-hybridized carbons (Fsp3) is 0.429. The van der Waals surface area contributed by atoms with Crippen molar-refractivity contribution in [2.24, 2.45) is 0 Å². The first kappa shape index (κ1) is 9.91. The molecule has 1 aromatic heterocycles. The van der Waals surface area contributed by atoms with E-state index < -0.39 is 0 Å². The SMILES string of the molecule is CCc1c(C2CC(O)C2)oc2ccccc12. The number of hydrogen-bond donors (Lipinski definition) is 1. The van der Waals surface area contributed by atoms with Gasteiger partial charge in [-0.3, -0.25) is 0 Å². The van der Waals surface area contributed by atoms with Crippen molar-refractivity contribution in [1.82, 2.24) is 0 Å². The third-order valence-electron chi connectivity index (χ3n) is 3.57. The molecule has 1 aliphatic rings. The highest BCUT2D eigenvalue weighted by atomic mass is 16.3. The van der Waals surface area contributed by atoms with Crippen molar-refractivity contribution in [2.45, 2.75) is 38.2 Å². The molecule has 1 heterocycles. The third-order valence-corrected chi connectivity index (χ3v) is 3.57. The van der Waals surface area contributed by atoms with Crippen LogP contribution in [0.2, 0.25) is 0 Å². The van der Waals surface area contributed by atoms with Gasteiger partial charge in [0.25, 0.3) is 0 Å². The van der Waals surface area contributed by atoms with Crippen LogP contribution in [0.3, 0.4) is 0 Å². The van der Waals surface area contributed by atoms with Crippen LogP contribution in [-0.2, 0) is 6.42 Å². The van der Waals surface area contributed by atoms with Gasteiger partial charge in [-0.25, -0.2) is 0 Å². The minimum Gasteiger partial charge on any atom is -0.460 e. The summed E-state index contributed by atoms with van der Waals surface area (Å²) in [4.78, 5) is 0. The summed E-state index contributed by atoms with van der Waals surface area (Å²) in [6.07, 6.45) is 2.58. The Bertz CT molecular complexity index is 506. The molecule has 2 aromatic rings. The van der Waals surface area contributed by atoms with Gasteiger partial charge >= 0.3 is 0 Å². The van der Waals surface area contributed by atoms with Crippen molar-refractivity contribution >= 4 is 11.0 Å². The van der Waals surface area contributed by atoms with E-state index in [-0.39, 0.29) is 6.10 Å². The first-order chi connectivity index (χ1) is 7.79. The molecule has 0 unspecified atom stereocenters. The van der Waals surface area contributed by atoms with Gasteiger partial charge in [0.1, 0.15) is 11.3 Å². The molecule has 0 atom stereocenters. The molecule has 1 N–H and O–H groups in total. The van der Waals surface area contributed by atoms with Crippen LogP contribution in [0, 0.1) is 0 Å². The van der Waals surface area contributed by atoms with E-state index in [1.54, 1.807) is 0 Å². The van der Waals surface area contributed by atoms with Crippen molar-refractivity contribution in [3.63, 3.8) is 0 Å². The topological polar surface area (TPSA) is 33.4 Å². The molecule has 1 saturated carbocycles. The van der Waals surface area contributed by atoms with E-state index in [0.29, 0.717) is 5.92 Å². The maximum atomic E-state index is 9.38. The Kier molecular flexibility index (Phi) is 2.25. The number of aryl methyl sites for hydroxylation is 1. The molecule has 0 bridgehead atoms. The molecule has 0 amide bonds. The molecule has 1 aliphatic carbocycles. The second kappa shape index (κ2) is 3.63. The average Bonchev–Trinajstić information content (AvgIpc) is 2.62. The first-order valence-corrected chi connectivity index (χ1v) is 5.98. The predicted octanol–water partition coefficient (Wildman–Crippen LogP) is 3.23. The number of fused-ring (bicyclic) bond motifs is 1. The number of aliphatic hydroxyl groups is 1. The largest absolute Gasteiger partial charge is 0.460 e. The van der Waals surface area contributed by atoms with Crippen LogP contribution in [0.4, 0.5) is 0 Å². The molecule has 3 rings (SSSR count). The lowest BCUT2D eigenvalue weighted by atomic mass is 9.79. The van der Waals surface area contributed by atoms with Crippen LogP contribution >= 0.6 is 0 Å². The maximum absolute atomic E-state index is 9.38. The lowest BCUT2D eigenvalue weighted by Crippen LogP contribution is -2.26. The standard InChI is InChI=1S/C14H16O2/c1-2-11-12-5-3-4-6-13(12)16-14(11)9-7-10(15)8-9/h3-6,9-10,15H,2,7-8H2,1H3. The quantitative estimate of drug-likeness (QED) is 0.836. The van der Waals surface area contributed by atoms with Crippen molar-refractivity contribution in [1.29, 1.82) is 0 Å². The highest BCUT2D eigenvalue weighted by Crippen LogP contribution is 2.41. The number of rotatable bonds is 2. The van der Waals surface area contributed by atoms with Crippen LogP contribution in [0.1, 0.15) is 37.0 Å². The lowest BCUT2D eigenvalue weighted by Gasteiger charge is -2.30. The molecular weight excluding hydrogens is 200 g/mol. The second-order valence-corrected chi connectivity index (χ2v) is 4.62.